The Balaban J connectivity index is 1.90. The van der Waals surface area contributed by atoms with Gasteiger partial charge in [-0.2, -0.15) is 0 Å². The van der Waals surface area contributed by atoms with Crippen LogP contribution in [0.3, 0.4) is 0 Å². The van der Waals surface area contributed by atoms with E-state index in [1.54, 1.807) is 0 Å². The Hall–Kier alpha value is -1.84. The maximum atomic E-state index is 12.7. The van der Waals surface area contributed by atoms with Gasteiger partial charge in [0.25, 0.3) is 5.91 Å². The molecule has 0 fully saturated rings. The molecule has 0 spiro atoms. The molecule has 1 atom stereocenters. The molecular weight excluding hydrogens is 231 g/mol. The maximum absolute atomic E-state index is 12.7. The summed E-state index contributed by atoms with van der Waals surface area (Å²) in [4.78, 5) is 11.8. The summed E-state index contributed by atoms with van der Waals surface area (Å²) in [7, 11) is 0. The highest BCUT2D eigenvalue weighted by Crippen LogP contribution is 2.19. The van der Waals surface area contributed by atoms with E-state index in [0.717, 1.165) is 18.5 Å². The smallest absolute Gasteiger partial charge is 0.269 e. The third-order valence-corrected chi connectivity index (χ3v) is 3.03. The number of allylic oxidation sites excluding steroid dienone is 2. The molecule has 18 heavy (non-hydrogen) atoms. The molecule has 1 amide bonds. The van der Waals surface area contributed by atoms with E-state index in [2.05, 4.69) is 23.9 Å². The largest absolute Gasteiger partial charge is 0.303 e. The lowest BCUT2D eigenvalue weighted by Gasteiger charge is -2.19. The van der Waals surface area contributed by atoms with Gasteiger partial charge in [-0.25, -0.2) is 4.39 Å². The van der Waals surface area contributed by atoms with Gasteiger partial charge in [-0.1, -0.05) is 13.0 Å². The minimum Gasteiger partial charge on any atom is -0.303 e. The lowest BCUT2D eigenvalue weighted by atomic mass is 9.96. The van der Waals surface area contributed by atoms with E-state index in [1.165, 1.54) is 30.7 Å². The number of benzene rings is 1. The minimum absolute atomic E-state index is 0.255. The Morgan fingerprint density at radius 1 is 1.33 bits per heavy atom. The van der Waals surface area contributed by atoms with E-state index in [0.29, 0.717) is 11.5 Å². The van der Waals surface area contributed by atoms with Crippen LogP contribution in [0.25, 0.3) is 0 Å². The maximum Gasteiger partial charge on any atom is 0.269 e. The summed E-state index contributed by atoms with van der Waals surface area (Å²) >= 11 is 0. The van der Waals surface area contributed by atoms with Gasteiger partial charge >= 0.3 is 0 Å². The van der Waals surface area contributed by atoms with Crippen molar-refractivity contribution < 1.29 is 9.18 Å². The van der Waals surface area contributed by atoms with Gasteiger partial charge in [-0.15, -0.1) is 0 Å². The molecule has 0 aliphatic heterocycles. The Morgan fingerprint density at radius 2 is 2.06 bits per heavy atom. The number of amides is 1. The summed E-state index contributed by atoms with van der Waals surface area (Å²) in [6.07, 6.45) is 5.41. The molecule has 0 saturated carbocycles. The average molecular weight is 248 g/mol. The van der Waals surface area contributed by atoms with Crippen molar-refractivity contribution in [1.29, 1.82) is 0 Å². The first-order valence-corrected chi connectivity index (χ1v) is 6.18. The molecule has 3 nitrogen and oxygen atoms in total. The van der Waals surface area contributed by atoms with Gasteiger partial charge in [0.15, 0.2) is 0 Å². The third-order valence-electron chi connectivity index (χ3n) is 3.03. The fourth-order valence-electron chi connectivity index (χ4n) is 2.04. The second-order valence-electron chi connectivity index (χ2n) is 4.65. The fourth-order valence-corrected chi connectivity index (χ4v) is 2.04. The average Bonchev–Trinajstić information content (AvgIpc) is 2.37. The zero-order chi connectivity index (χ0) is 13.0. The number of hydrogen-bond donors (Lipinski definition) is 2. The van der Waals surface area contributed by atoms with Crippen LogP contribution < -0.4 is 10.9 Å². The molecule has 1 aromatic rings. The first kappa shape index (κ1) is 12.6. The van der Waals surface area contributed by atoms with E-state index in [4.69, 9.17) is 0 Å². The van der Waals surface area contributed by atoms with Crippen LogP contribution in [0.4, 0.5) is 4.39 Å². The van der Waals surface area contributed by atoms with Crippen LogP contribution in [0.5, 0.6) is 0 Å². The Bertz CT molecular complexity index is 453. The summed E-state index contributed by atoms with van der Waals surface area (Å²) in [5.74, 6) is -0.0542. The van der Waals surface area contributed by atoms with Crippen molar-refractivity contribution in [3.8, 4) is 0 Å². The Morgan fingerprint density at radius 3 is 2.72 bits per heavy atom. The highest BCUT2D eigenvalue weighted by atomic mass is 19.1. The Kier molecular flexibility index (Phi) is 3.97. The molecule has 0 unspecified atom stereocenters. The standard InChI is InChI=1S/C14H17FN2O/c1-10-3-2-4-13(9-10)16-17-14(18)11-5-7-12(15)8-6-11/h5-10,16H,2-4H2,1H3,(H,17,18)/t10-/m1/s1. The second-order valence-corrected chi connectivity index (χ2v) is 4.65. The molecule has 96 valence electrons. The normalized spacial score (nSPS) is 19.0. The first-order chi connectivity index (χ1) is 8.65. The predicted molar refractivity (Wildman–Crippen MR) is 68.1 cm³/mol. The van der Waals surface area contributed by atoms with Crippen LogP contribution in [-0.2, 0) is 0 Å². The summed E-state index contributed by atoms with van der Waals surface area (Å²) < 4.78 is 12.7. The molecule has 2 N–H and O–H groups in total. The Labute approximate surface area is 106 Å². The van der Waals surface area contributed by atoms with Crippen molar-refractivity contribution in [3.63, 3.8) is 0 Å². The van der Waals surface area contributed by atoms with E-state index in [-0.39, 0.29) is 11.7 Å². The van der Waals surface area contributed by atoms with Crippen molar-refractivity contribution in [1.82, 2.24) is 10.9 Å². The molecule has 0 radical (unpaired) electrons. The molecule has 1 aromatic carbocycles. The monoisotopic (exact) mass is 248 g/mol. The van der Waals surface area contributed by atoms with Crippen LogP contribution in [0, 0.1) is 11.7 Å². The van der Waals surface area contributed by atoms with Crippen LogP contribution in [0.1, 0.15) is 36.5 Å². The topological polar surface area (TPSA) is 41.1 Å². The predicted octanol–water partition coefficient (Wildman–Crippen LogP) is 2.76. The number of carbonyl (C=O) groups excluding carboxylic acids is 1. The number of nitrogens with one attached hydrogen (secondary N) is 2. The van der Waals surface area contributed by atoms with Crippen molar-refractivity contribution in [2.24, 2.45) is 5.92 Å². The van der Waals surface area contributed by atoms with E-state index >= 15 is 0 Å². The highest BCUT2D eigenvalue weighted by molar-refractivity contribution is 5.93. The van der Waals surface area contributed by atoms with Gasteiger partial charge in [-0.05, 0) is 49.4 Å². The van der Waals surface area contributed by atoms with Gasteiger partial charge < -0.3 is 5.43 Å². The van der Waals surface area contributed by atoms with Gasteiger partial charge in [-0.3, -0.25) is 10.2 Å². The quantitative estimate of drug-likeness (QED) is 0.808. The van der Waals surface area contributed by atoms with Crippen LogP contribution in [0.2, 0.25) is 0 Å². The van der Waals surface area contributed by atoms with Gasteiger partial charge in [0.2, 0.25) is 0 Å². The van der Waals surface area contributed by atoms with Crippen LogP contribution >= 0.6 is 0 Å². The molecule has 0 saturated heterocycles. The first-order valence-electron chi connectivity index (χ1n) is 6.18. The highest BCUT2D eigenvalue weighted by Gasteiger charge is 2.10. The van der Waals surface area contributed by atoms with Gasteiger partial charge in [0.05, 0.1) is 0 Å². The minimum atomic E-state index is -0.344. The van der Waals surface area contributed by atoms with E-state index in [1.807, 2.05) is 0 Å². The molecule has 0 aromatic heterocycles. The van der Waals surface area contributed by atoms with Gasteiger partial charge in [0, 0.05) is 11.3 Å². The molecule has 1 aliphatic rings. The van der Waals surface area contributed by atoms with Gasteiger partial charge in [0.1, 0.15) is 5.82 Å². The van der Waals surface area contributed by atoms with Crippen molar-refractivity contribution >= 4 is 5.91 Å². The number of hydrogen-bond acceptors (Lipinski definition) is 2. The lowest BCUT2D eigenvalue weighted by Crippen LogP contribution is -2.37. The number of carbonyl (C=O) groups is 1. The molecule has 2 rings (SSSR count). The summed E-state index contributed by atoms with van der Waals surface area (Å²) in [5, 5.41) is 0. The number of hydrazine groups is 1. The zero-order valence-corrected chi connectivity index (χ0v) is 10.4. The van der Waals surface area contributed by atoms with Crippen molar-refractivity contribution in [2.45, 2.75) is 26.2 Å². The summed E-state index contributed by atoms with van der Waals surface area (Å²) in [6, 6.07) is 5.47. The molecule has 0 heterocycles. The number of halogens is 1. The molecule has 1 aliphatic carbocycles. The van der Waals surface area contributed by atoms with Crippen LogP contribution in [-0.4, -0.2) is 5.91 Å². The lowest BCUT2D eigenvalue weighted by molar-refractivity contribution is 0.0937. The van der Waals surface area contributed by atoms with E-state index < -0.39 is 0 Å². The molecule has 4 heteroatoms. The molecular formula is C14H17FN2O. The summed E-state index contributed by atoms with van der Waals surface area (Å²) in [6.45, 7) is 2.16. The number of rotatable bonds is 3. The third kappa shape index (κ3) is 3.32. The molecule has 0 bridgehead atoms. The van der Waals surface area contributed by atoms with Crippen LogP contribution in [0.15, 0.2) is 36.0 Å². The summed E-state index contributed by atoms with van der Waals surface area (Å²) in [5.41, 5.74) is 7.05. The SMILES string of the molecule is C[C@H]1C=C(NNC(=O)c2ccc(F)cc2)CCC1. The van der Waals surface area contributed by atoms with E-state index in [9.17, 15) is 9.18 Å². The van der Waals surface area contributed by atoms with Crippen molar-refractivity contribution in [3.05, 3.63) is 47.4 Å². The van der Waals surface area contributed by atoms with Crippen molar-refractivity contribution in [2.75, 3.05) is 0 Å². The fraction of sp³-hybridized carbons (Fsp3) is 0.357. The second kappa shape index (κ2) is 5.67. The zero-order valence-electron chi connectivity index (χ0n) is 10.4.